The molecular weight excluding hydrogens is 201 g/mol. The lowest BCUT2D eigenvalue weighted by molar-refractivity contribution is -0.109. The van der Waals surface area contributed by atoms with E-state index in [9.17, 15) is 9.18 Å². The number of hydrogen-bond acceptors (Lipinski definition) is 3. The first-order valence-corrected chi connectivity index (χ1v) is 5.21. The molecule has 0 atom stereocenters. The van der Waals surface area contributed by atoms with Gasteiger partial charge in [-0.15, -0.1) is 0 Å². The van der Waals surface area contributed by atoms with Crippen molar-refractivity contribution in [2.24, 2.45) is 0 Å². The van der Waals surface area contributed by atoms with Gasteiger partial charge in [0.1, 0.15) is 6.67 Å². The summed E-state index contributed by atoms with van der Waals surface area (Å²) < 4.78 is 21.3. The van der Waals surface area contributed by atoms with Crippen LogP contribution >= 0.6 is 0 Å². The van der Waals surface area contributed by atoms with E-state index in [0.717, 1.165) is 0 Å². The molecule has 0 radical (unpaired) electrons. The molecule has 0 aromatic heterocycles. The Balaban J connectivity index is 0. The molecule has 1 N–H and O–H groups in total. The third kappa shape index (κ3) is 24.7. The number of halogens is 1. The van der Waals surface area contributed by atoms with Crippen molar-refractivity contribution in [2.45, 2.75) is 20.3 Å². The maximum absolute atomic E-state index is 11.5. The molecule has 0 aliphatic rings. The van der Waals surface area contributed by atoms with E-state index in [0.29, 0.717) is 32.8 Å². The van der Waals surface area contributed by atoms with Crippen LogP contribution in [-0.2, 0) is 14.3 Å². The summed E-state index contributed by atoms with van der Waals surface area (Å²) >= 11 is 0. The van der Waals surface area contributed by atoms with Crippen LogP contribution in [0.1, 0.15) is 20.3 Å². The van der Waals surface area contributed by atoms with E-state index in [1.54, 1.807) is 0 Å². The summed E-state index contributed by atoms with van der Waals surface area (Å²) in [6.45, 7) is 5.68. The average Bonchev–Trinajstić information content (AvgIpc) is 2.23. The summed E-state index contributed by atoms with van der Waals surface area (Å²) in [5.41, 5.74) is 0. The number of carbonyl (C=O) groups is 1. The van der Waals surface area contributed by atoms with Crippen molar-refractivity contribution >= 4 is 6.41 Å². The summed E-state index contributed by atoms with van der Waals surface area (Å²) in [6.07, 6.45) is 1.86. The highest BCUT2D eigenvalue weighted by Crippen LogP contribution is 1.78. The van der Waals surface area contributed by atoms with Crippen LogP contribution < -0.4 is 5.32 Å². The SMILES string of the molecule is CCC.O=CNCCOCCOCCF. The van der Waals surface area contributed by atoms with Gasteiger partial charge in [-0.2, -0.15) is 0 Å². The van der Waals surface area contributed by atoms with Crippen LogP contribution in [0.25, 0.3) is 0 Å². The normalized spacial score (nSPS) is 9.00. The minimum atomic E-state index is -0.466. The van der Waals surface area contributed by atoms with Crippen LogP contribution in [0.3, 0.4) is 0 Å². The lowest BCUT2D eigenvalue weighted by atomic mass is 10.6. The molecule has 4 nitrogen and oxygen atoms in total. The first kappa shape index (κ1) is 16.7. The Morgan fingerprint density at radius 1 is 1.13 bits per heavy atom. The van der Waals surface area contributed by atoms with Crippen molar-refractivity contribution in [2.75, 3.05) is 39.6 Å². The van der Waals surface area contributed by atoms with E-state index in [4.69, 9.17) is 9.47 Å². The zero-order chi connectivity index (χ0) is 11.8. The van der Waals surface area contributed by atoms with E-state index in [1.165, 1.54) is 6.42 Å². The van der Waals surface area contributed by atoms with E-state index >= 15 is 0 Å². The van der Waals surface area contributed by atoms with Gasteiger partial charge in [0.05, 0.1) is 26.4 Å². The second-order valence-electron chi connectivity index (χ2n) is 2.69. The average molecular weight is 223 g/mol. The first-order valence-electron chi connectivity index (χ1n) is 5.21. The van der Waals surface area contributed by atoms with Gasteiger partial charge in [-0.25, -0.2) is 4.39 Å². The number of alkyl halides is 1. The number of nitrogens with one attached hydrogen (secondary N) is 1. The Labute approximate surface area is 91.1 Å². The molecule has 0 heterocycles. The Morgan fingerprint density at radius 3 is 2.13 bits per heavy atom. The highest BCUT2D eigenvalue weighted by Gasteiger charge is 1.88. The zero-order valence-corrected chi connectivity index (χ0v) is 9.63. The molecule has 0 bridgehead atoms. The molecule has 0 aliphatic carbocycles. The van der Waals surface area contributed by atoms with Gasteiger partial charge in [0.2, 0.25) is 6.41 Å². The lowest BCUT2D eigenvalue weighted by Crippen LogP contribution is -2.18. The Morgan fingerprint density at radius 2 is 1.67 bits per heavy atom. The minimum absolute atomic E-state index is 0.121. The highest BCUT2D eigenvalue weighted by atomic mass is 19.1. The Bertz CT molecular complexity index is 115. The van der Waals surface area contributed by atoms with Crippen molar-refractivity contribution in [3.63, 3.8) is 0 Å². The quantitative estimate of drug-likeness (QED) is 0.471. The first-order chi connectivity index (χ1) is 7.33. The molecule has 15 heavy (non-hydrogen) atoms. The monoisotopic (exact) mass is 223 g/mol. The fourth-order valence-corrected chi connectivity index (χ4v) is 0.567. The maximum Gasteiger partial charge on any atom is 0.207 e. The molecule has 0 fully saturated rings. The number of rotatable bonds is 9. The lowest BCUT2D eigenvalue weighted by Gasteiger charge is -2.03. The van der Waals surface area contributed by atoms with Crippen LogP contribution in [0.15, 0.2) is 0 Å². The molecular formula is C10H22FNO3. The largest absolute Gasteiger partial charge is 0.377 e. The predicted molar refractivity (Wildman–Crippen MR) is 57.6 cm³/mol. The van der Waals surface area contributed by atoms with Gasteiger partial charge in [0.15, 0.2) is 0 Å². The van der Waals surface area contributed by atoms with E-state index < -0.39 is 6.67 Å². The second-order valence-corrected chi connectivity index (χ2v) is 2.69. The van der Waals surface area contributed by atoms with Gasteiger partial charge in [0.25, 0.3) is 0 Å². The number of ether oxygens (including phenoxy) is 2. The van der Waals surface area contributed by atoms with Gasteiger partial charge in [-0.3, -0.25) is 4.79 Å². The molecule has 5 heteroatoms. The van der Waals surface area contributed by atoms with Crippen molar-refractivity contribution < 1.29 is 18.7 Å². The van der Waals surface area contributed by atoms with E-state index in [1.807, 2.05) is 0 Å². The highest BCUT2D eigenvalue weighted by molar-refractivity contribution is 5.45. The van der Waals surface area contributed by atoms with Crippen LogP contribution in [0.5, 0.6) is 0 Å². The van der Waals surface area contributed by atoms with Crippen molar-refractivity contribution in [1.82, 2.24) is 5.32 Å². The minimum Gasteiger partial charge on any atom is -0.377 e. The molecule has 0 saturated heterocycles. The third-order valence-corrected chi connectivity index (χ3v) is 1.07. The van der Waals surface area contributed by atoms with Gasteiger partial charge in [-0.05, 0) is 0 Å². The summed E-state index contributed by atoms with van der Waals surface area (Å²) in [6, 6.07) is 0. The molecule has 0 aromatic rings. The summed E-state index contributed by atoms with van der Waals surface area (Å²) in [5.74, 6) is 0. The number of amides is 1. The standard InChI is InChI=1S/C7H14FNO3.C3H8/c8-1-3-11-5-6-12-4-2-9-7-10;1-3-2/h7H,1-6H2,(H,9,10);3H2,1-2H3. The number of hydrogen-bond donors (Lipinski definition) is 1. The molecule has 0 rings (SSSR count). The van der Waals surface area contributed by atoms with Crippen molar-refractivity contribution in [3.05, 3.63) is 0 Å². The van der Waals surface area contributed by atoms with Crippen LogP contribution in [0.4, 0.5) is 4.39 Å². The summed E-state index contributed by atoms with van der Waals surface area (Å²) in [5, 5.41) is 2.44. The second kappa shape index (κ2) is 19.0. The Hall–Kier alpha value is -0.680. The van der Waals surface area contributed by atoms with Crippen LogP contribution in [0.2, 0.25) is 0 Å². The molecule has 0 spiro atoms. The molecule has 0 aromatic carbocycles. The van der Waals surface area contributed by atoms with Gasteiger partial charge < -0.3 is 14.8 Å². The van der Waals surface area contributed by atoms with Crippen LogP contribution in [-0.4, -0.2) is 46.1 Å². The molecule has 0 aliphatic heterocycles. The number of carbonyl (C=O) groups excluding carboxylic acids is 1. The maximum atomic E-state index is 11.5. The molecule has 1 amide bonds. The van der Waals surface area contributed by atoms with Gasteiger partial charge >= 0.3 is 0 Å². The fourth-order valence-electron chi connectivity index (χ4n) is 0.567. The topological polar surface area (TPSA) is 47.6 Å². The summed E-state index contributed by atoms with van der Waals surface area (Å²) in [7, 11) is 0. The predicted octanol–water partition coefficient (Wildman–Crippen LogP) is 1.15. The van der Waals surface area contributed by atoms with Gasteiger partial charge in [0, 0.05) is 6.54 Å². The summed E-state index contributed by atoms with van der Waals surface area (Å²) in [4.78, 5) is 9.75. The fraction of sp³-hybridized carbons (Fsp3) is 0.900. The molecule has 0 saturated carbocycles. The van der Waals surface area contributed by atoms with Gasteiger partial charge in [-0.1, -0.05) is 20.3 Å². The van der Waals surface area contributed by atoms with Crippen molar-refractivity contribution in [3.8, 4) is 0 Å². The van der Waals surface area contributed by atoms with E-state index in [2.05, 4.69) is 19.2 Å². The van der Waals surface area contributed by atoms with Crippen LogP contribution in [0, 0.1) is 0 Å². The zero-order valence-electron chi connectivity index (χ0n) is 9.63. The smallest absolute Gasteiger partial charge is 0.207 e. The molecule has 92 valence electrons. The van der Waals surface area contributed by atoms with Crippen molar-refractivity contribution in [1.29, 1.82) is 0 Å². The molecule has 0 unspecified atom stereocenters. The Kier molecular flexibility index (Phi) is 21.2. The van der Waals surface area contributed by atoms with E-state index in [-0.39, 0.29) is 6.61 Å². The third-order valence-electron chi connectivity index (χ3n) is 1.07.